The summed E-state index contributed by atoms with van der Waals surface area (Å²) in [6.45, 7) is 0. The predicted molar refractivity (Wildman–Crippen MR) is 42.8 cm³/mol. The van der Waals surface area contributed by atoms with E-state index in [-0.39, 0.29) is 0 Å². The Morgan fingerprint density at radius 3 is 2.40 bits per heavy atom. The third-order valence-corrected chi connectivity index (χ3v) is 2.67. The zero-order valence-corrected chi connectivity index (χ0v) is 7.42. The third-order valence-electron chi connectivity index (χ3n) is 2.10. The number of methoxy groups -OCH3 is 1. The summed E-state index contributed by atoms with van der Waals surface area (Å²) in [5.74, 6) is 0. The van der Waals surface area contributed by atoms with E-state index in [0.29, 0.717) is 18.9 Å². The summed E-state index contributed by atoms with van der Waals surface area (Å²) in [4.78, 5) is 0. The molecule has 1 nitrogen and oxygen atoms in total. The summed E-state index contributed by atoms with van der Waals surface area (Å²) >= 11 is 0. The van der Waals surface area contributed by atoms with E-state index in [4.69, 9.17) is 4.74 Å². The summed E-state index contributed by atoms with van der Waals surface area (Å²) in [6, 6.07) is 0. The van der Waals surface area contributed by atoms with Gasteiger partial charge in [-0.05, 0) is 25.7 Å². The molecule has 0 spiro atoms. The molecular formula is C7H14FOP. The Morgan fingerprint density at radius 2 is 2.00 bits per heavy atom. The molecule has 3 heteroatoms. The van der Waals surface area contributed by atoms with Gasteiger partial charge >= 0.3 is 0 Å². The van der Waals surface area contributed by atoms with Crippen LogP contribution in [0.25, 0.3) is 0 Å². The SMILES string of the molecule is COC1CCC(F)(P)CC1. The molecule has 1 rings (SSSR count). The maximum absolute atomic E-state index is 13.1. The van der Waals surface area contributed by atoms with Gasteiger partial charge in [-0.15, -0.1) is 0 Å². The molecule has 1 saturated carbocycles. The molecule has 0 saturated heterocycles. The average Bonchev–Trinajstić information content (AvgIpc) is 1.88. The van der Waals surface area contributed by atoms with Crippen molar-refractivity contribution in [3.05, 3.63) is 0 Å². The van der Waals surface area contributed by atoms with Crippen LogP contribution in [0.4, 0.5) is 4.39 Å². The Bertz CT molecular complexity index is 106. The molecule has 0 amide bonds. The maximum Gasteiger partial charge on any atom is 0.124 e. The van der Waals surface area contributed by atoms with Gasteiger partial charge in [0.15, 0.2) is 0 Å². The summed E-state index contributed by atoms with van der Waals surface area (Å²) in [5.41, 5.74) is 0. The van der Waals surface area contributed by atoms with Crippen molar-refractivity contribution in [3.63, 3.8) is 0 Å². The fourth-order valence-corrected chi connectivity index (χ4v) is 1.64. The highest BCUT2D eigenvalue weighted by Crippen LogP contribution is 2.37. The van der Waals surface area contributed by atoms with E-state index in [9.17, 15) is 4.39 Å². The fourth-order valence-electron chi connectivity index (χ4n) is 1.31. The van der Waals surface area contributed by atoms with Gasteiger partial charge in [-0.1, -0.05) is 9.24 Å². The van der Waals surface area contributed by atoms with Gasteiger partial charge in [0, 0.05) is 7.11 Å². The molecule has 0 N–H and O–H groups in total. The first-order chi connectivity index (χ1) is 4.64. The first-order valence-electron chi connectivity index (χ1n) is 3.65. The first-order valence-corrected chi connectivity index (χ1v) is 4.22. The van der Waals surface area contributed by atoms with Crippen molar-refractivity contribution in [2.24, 2.45) is 0 Å². The Hall–Kier alpha value is 0.320. The molecule has 0 aromatic rings. The summed E-state index contributed by atoms with van der Waals surface area (Å²) < 4.78 is 18.2. The monoisotopic (exact) mass is 164 g/mol. The predicted octanol–water partition coefficient (Wildman–Crippen LogP) is 2.12. The largest absolute Gasteiger partial charge is 0.381 e. The summed E-state index contributed by atoms with van der Waals surface area (Å²) in [6.07, 6.45) is 3.25. The number of hydrogen-bond donors (Lipinski definition) is 0. The van der Waals surface area contributed by atoms with Crippen LogP contribution in [0.2, 0.25) is 0 Å². The van der Waals surface area contributed by atoms with E-state index in [2.05, 4.69) is 9.24 Å². The summed E-state index contributed by atoms with van der Waals surface area (Å²) in [5, 5.41) is -1.00. The molecule has 10 heavy (non-hydrogen) atoms. The smallest absolute Gasteiger partial charge is 0.124 e. The lowest BCUT2D eigenvalue weighted by molar-refractivity contribution is 0.0401. The molecule has 0 heterocycles. The molecule has 1 aliphatic carbocycles. The van der Waals surface area contributed by atoms with Crippen LogP contribution >= 0.6 is 9.24 Å². The van der Waals surface area contributed by atoms with Gasteiger partial charge < -0.3 is 4.74 Å². The van der Waals surface area contributed by atoms with Gasteiger partial charge in [0.25, 0.3) is 0 Å². The van der Waals surface area contributed by atoms with E-state index >= 15 is 0 Å². The molecule has 1 aliphatic rings. The molecule has 0 aromatic heterocycles. The van der Waals surface area contributed by atoms with Crippen molar-refractivity contribution in [3.8, 4) is 0 Å². The van der Waals surface area contributed by atoms with Crippen LogP contribution in [0.15, 0.2) is 0 Å². The highest BCUT2D eigenvalue weighted by molar-refractivity contribution is 7.18. The minimum atomic E-state index is -1.00. The van der Waals surface area contributed by atoms with Gasteiger partial charge in [0.05, 0.1) is 6.10 Å². The lowest BCUT2D eigenvalue weighted by Crippen LogP contribution is -2.26. The van der Waals surface area contributed by atoms with Crippen LogP contribution in [0.3, 0.4) is 0 Å². The second kappa shape index (κ2) is 3.15. The van der Waals surface area contributed by atoms with Crippen LogP contribution < -0.4 is 0 Å². The van der Waals surface area contributed by atoms with Crippen LogP contribution in [-0.4, -0.2) is 18.6 Å². The lowest BCUT2D eigenvalue weighted by Gasteiger charge is -2.29. The minimum Gasteiger partial charge on any atom is -0.381 e. The van der Waals surface area contributed by atoms with Crippen molar-refractivity contribution in [1.29, 1.82) is 0 Å². The Kier molecular flexibility index (Phi) is 2.65. The number of hydrogen-bond acceptors (Lipinski definition) is 1. The van der Waals surface area contributed by atoms with E-state index in [1.165, 1.54) is 0 Å². The van der Waals surface area contributed by atoms with Gasteiger partial charge in [0.1, 0.15) is 5.41 Å². The molecule has 1 atom stereocenters. The zero-order valence-electron chi connectivity index (χ0n) is 6.27. The number of rotatable bonds is 1. The summed E-state index contributed by atoms with van der Waals surface area (Å²) in [7, 11) is 3.97. The van der Waals surface area contributed by atoms with Crippen molar-refractivity contribution in [1.82, 2.24) is 0 Å². The zero-order chi connectivity index (χ0) is 7.61. The minimum absolute atomic E-state index is 0.296. The highest BCUT2D eigenvalue weighted by Gasteiger charge is 2.30. The third kappa shape index (κ3) is 2.17. The van der Waals surface area contributed by atoms with Crippen LogP contribution in [0, 0.1) is 0 Å². The van der Waals surface area contributed by atoms with E-state index < -0.39 is 5.41 Å². The van der Waals surface area contributed by atoms with E-state index in [0.717, 1.165) is 12.8 Å². The van der Waals surface area contributed by atoms with Crippen molar-refractivity contribution in [2.45, 2.75) is 37.2 Å². The second-order valence-electron chi connectivity index (χ2n) is 2.97. The number of halogens is 1. The van der Waals surface area contributed by atoms with Crippen molar-refractivity contribution < 1.29 is 9.13 Å². The quantitative estimate of drug-likeness (QED) is 0.539. The van der Waals surface area contributed by atoms with Crippen LogP contribution in [0.5, 0.6) is 0 Å². The molecule has 1 fully saturated rings. The molecule has 1 unspecified atom stereocenters. The molecule has 60 valence electrons. The Morgan fingerprint density at radius 1 is 1.50 bits per heavy atom. The number of ether oxygens (including phenoxy) is 1. The molecular weight excluding hydrogens is 150 g/mol. The second-order valence-corrected chi connectivity index (χ2v) is 4.00. The topological polar surface area (TPSA) is 9.23 Å². The van der Waals surface area contributed by atoms with Crippen LogP contribution in [-0.2, 0) is 4.74 Å². The number of alkyl halides is 1. The molecule has 0 bridgehead atoms. The lowest BCUT2D eigenvalue weighted by atomic mass is 9.95. The van der Waals surface area contributed by atoms with Crippen molar-refractivity contribution >= 4 is 9.24 Å². The van der Waals surface area contributed by atoms with Crippen molar-refractivity contribution in [2.75, 3.05) is 7.11 Å². The van der Waals surface area contributed by atoms with E-state index in [1.807, 2.05) is 0 Å². The fraction of sp³-hybridized carbons (Fsp3) is 1.00. The highest BCUT2D eigenvalue weighted by atomic mass is 31.0. The first kappa shape index (κ1) is 8.42. The van der Waals surface area contributed by atoms with Crippen LogP contribution in [0.1, 0.15) is 25.7 Å². The molecule has 0 radical (unpaired) electrons. The van der Waals surface area contributed by atoms with E-state index in [1.54, 1.807) is 7.11 Å². The Labute approximate surface area is 63.5 Å². The van der Waals surface area contributed by atoms with Gasteiger partial charge in [-0.2, -0.15) is 0 Å². The average molecular weight is 164 g/mol. The van der Waals surface area contributed by atoms with Gasteiger partial charge in [-0.25, -0.2) is 4.39 Å². The normalized spacial score (nSPS) is 41.7. The Balaban J connectivity index is 2.31. The van der Waals surface area contributed by atoms with Gasteiger partial charge in [-0.3, -0.25) is 0 Å². The standard InChI is InChI=1S/C7H14FOP/c1-9-6-2-4-7(8,10)5-3-6/h6H,2-5,10H2,1H3. The molecule has 0 aromatic carbocycles. The molecule has 0 aliphatic heterocycles. The maximum atomic E-state index is 13.1. The van der Waals surface area contributed by atoms with Gasteiger partial charge in [0.2, 0.25) is 0 Å².